The maximum atomic E-state index is 12.6. The van der Waals surface area contributed by atoms with Gasteiger partial charge in [0.1, 0.15) is 5.60 Å². The first-order chi connectivity index (χ1) is 15.6. The van der Waals surface area contributed by atoms with Crippen LogP contribution in [0.15, 0.2) is 48.5 Å². The minimum Gasteiger partial charge on any atom is -0.460 e. The van der Waals surface area contributed by atoms with E-state index in [4.69, 9.17) is 16.3 Å². The molecule has 0 saturated heterocycles. The third-order valence-electron chi connectivity index (χ3n) is 5.12. The van der Waals surface area contributed by atoms with Gasteiger partial charge in [0.2, 0.25) is 11.8 Å². The number of hydrogen-bond donors (Lipinski definition) is 1. The van der Waals surface area contributed by atoms with Crippen LogP contribution >= 0.6 is 11.6 Å². The fraction of sp³-hybridized carbons (Fsp3) is 0.346. The van der Waals surface area contributed by atoms with Gasteiger partial charge in [-0.25, -0.2) is 0 Å². The number of fused-ring (bicyclic) bond motifs is 1. The summed E-state index contributed by atoms with van der Waals surface area (Å²) in [6.07, 6.45) is 3.99. The monoisotopic (exact) mass is 468 g/mol. The number of carbonyl (C=O) groups is 3. The molecule has 0 aromatic heterocycles. The average molecular weight is 469 g/mol. The van der Waals surface area contributed by atoms with E-state index >= 15 is 0 Å². The zero-order valence-electron chi connectivity index (χ0n) is 19.2. The van der Waals surface area contributed by atoms with Crippen LogP contribution in [0.5, 0.6) is 0 Å². The molecule has 174 valence electrons. The smallest absolute Gasteiger partial charge is 0.310 e. The molecule has 0 aliphatic carbocycles. The van der Waals surface area contributed by atoms with Gasteiger partial charge in [0.15, 0.2) is 0 Å². The zero-order chi connectivity index (χ0) is 24.0. The molecule has 1 aliphatic heterocycles. The number of benzene rings is 2. The highest BCUT2D eigenvalue weighted by molar-refractivity contribution is 6.30. The van der Waals surface area contributed by atoms with Crippen LogP contribution in [-0.2, 0) is 38.5 Å². The van der Waals surface area contributed by atoms with Crippen LogP contribution in [0.1, 0.15) is 43.0 Å². The van der Waals surface area contributed by atoms with Gasteiger partial charge in [-0.2, -0.15) is 0 Å². The highest BCUT2D eigenvalue weighted by Gasteiger charge is 2.22. The summed E-state index contributed by atoms with van der Waals surface area (Å²) in [6.45, 7) is 6.54. The highest BCUT2D eigenvalue weighted by Crippen LogP contribution is 2.21. The molecule has 0 saturated carbocycles. The van der Waals surface area contributed by atoms with Crippen molar-refractivity contribution in [3.8, 4) is 0 Å². The van der Waals surface area contributed by atoms with Gasteiger partial charge in [0.05, 0.1) is 13.0 Å². The van der Waals surface area contributed by atoms with Gasteiger partial charge in [-0.05, 0) is 67.7 Å². The van der Waals surface area contributed by atoms with Crippen LogP contribution in [0.3, 0.4) is 0 Å². The van der Waals surface area contributed by atoms with Crippen LogP contribution < -0.4 is 5.32 Å². The van der Waals surface area contributed by atoms with Crippen molar-refractivity contribution in [2.24, 2.45) is 0 Å². The number of esters is 1. The number of hydrogen-bond acceptors (Lipinski definition) is 4. The van der Waals surface area contributed by atoms with E-state index in [2.05, 4.69) is 5.32 Å². The average Bonchev–Trinajstić information content (AvgIpc) is 2.75. The number of rotatable bonds is 6. The van der Waals surface area contributed by atoms with Crippen molar-refractivity contribution < 1.29 is 19.1 Å². The van der Waals surface area contributed by atoms with Gasteiger partial charge in [0.25, 0.3) is 0 Å². The lowest BCUT2D eigenvalue weighted by molar-refractivity contribution is -0.153. The third-order valence-corrected chi connectivity index (χ3v) is 5.37. The Kier molecular flexibility index (Phi) is 7.92. The fourth-order valence-electron chi connectivity index (χ4n) is 3.55. The Hall–Kier alpha value is -3.12. The molecule has 2 aromatic carbocycles. The maximum Gasteiger partial charge on any atom is 0.310 e. The number of nitrogens with one attached hydrogen (secondary N) is 1. The lowest BCUT2D eigenvalue weighted by atomic mass is 9.96. The third kappa shape index (κ3) is 7.75. The van der Waals surface area contributed by atoms with Gasteiger partial charge < -0.3 is 15.0 Å². The number of halogens is 1. The number of carbonyl (C=O) groups excluding carboxylic acids is 3. The van der Waals surface area contributed by atoms with Crippen molar-refractivity contribution in [1.82, 2.24) is 10.2 Å². The Labute approximate surface area is 199 Å². The SMILES string of the molecule is CC(C)(C)OC(=O)Cc1ccc2c(c1)CCN(C(=O)CNC(=O)/C=C/c1ccc(Cl)cc1)C2. The van der Waals surface area contributed by atoms with Crippen molar-refractivity contribution >= 4 is 35.5 Å². The van der Waals surface area contributed by atoms with Crippen molar-refractivity contribution in [3.63, 3.8) is 0 Å². The molecule has 0 fully saturated rings. The first-order valence-electron chi connectivity index (χ1n) is 10.9. The minimum absolute atomic E-state index is 0.0597. The van der Waals surface area contributed by atoms with E-state index in [1.54, 1.807) is 35.2 Å². The molecule has 7 heteroatoms. The Morgan fingerprint density at radius 1 is 1.09 bits per heavy atom. The van der Waals surface area contributed by atoms with Gasteiger partial charge in [0, 0.05) is 24.2 Å². The summed E-state index contributed by atoms with van der Waals surface area (Å²) in [5, 5.41) is 3.27. The molecule has 0 spiro atoms. The molecule has 3 rings (SSSR count). The summed E-state index contributed by atoms with van der Waals surface area (Å²) in [6, 6.07) is 13.0. The molecule has 2 aromatic rings. The zero-order valence-corrected chi connectivity index (χ0v) is 19.9. The van der Waals surface area contributed by atoms with E-state index in [0.29, 0.717) is 24.5 Å². The lowest BCUT2D eigenvalue weighted by Gasteiger charge is -2.29. The van der Waals surface area contributed by atoms with E-state index in [0.717, 1.165) is 22.3 Å². The molecule has 0 unspecified atom stereocenters. The summed E-state index contributed by atoms with van der Waals surface area (Å²) >= 11 is 5.85. The second-order valence-electron chi connectivity index (χ2n) is 9.03. The molecule has 1 aliphatic rings. The normalized spacial score (nSPS) is 13.5. The predicted octanol–water partition coefficient (Wildman–Crippen LogP) is 3.94. The van der Waals surface area contributed by atoms with Gasteiger partial charge in [-0.3, -0.25) is 14.4 Å². The Morgan fingerprint density at radius 2 is 1.82 bits per heavy atom. The fourth-order valence-corrected chi connectivity index (χ4v) is 3.68. The molecular weight excluding hydrogens is 440 g/mol. The number of nitrogens with zero attached hydrogens (tertiary/aromatic N) is 1. The summed E-state index contributed by atoms with van der Waals surface area (Å²) in [4.78, 5) is 38.4. The summed E-state index contributed by atoms with van der Waals surface area (Å²) in [5.74, 6) is -0.717. The quantitative estimate of drug-likeness (QED) is 0.514. The second kappa shape index (κ2) is 10.7. The minimum atomic E-state index is -0.507. The molecule has 2 amide bonds. The molecule has 0 bridgehead atoms. The molecule has 33 heavy (non-hydrogen) atoms. The first kappa shape index (κ1) is 24.5. The Bertz CT molecular complexity index is 1050. The van der Waals surface area contributed by atoms with Gasteiger partial charge in [-0.1, -0.05) is 41.9 Å². The van der Waals surface area contributed by atoms with Crippen molar-refractivity contribution in [3.05, 3.63) is 75.8 Å². The molecule has 0 radical (unpaired) electrons. The summed E-state index contributed by atoms with van der Waals surface area (Å²) in [5.41, 5.74) is 3.43. The van der Waals surface area contributed by atoms with Crippen LogP contribution in [-0.4, -0.2) is 41.4 Å². The van der Waals surface area contributed by atoms with Crippen LogP contribution in [0.4, 0.5) is 0 Å². The molecule has 1 N–H and O–H groups in total. The molecule has 1 heterocycles. The second-order valence-corrected chi connectivity index (χ2v) is 9.47. The Balaban J connectivity index is 1.49. The summed E-state index contributed by atoms with van der Waals surface area (Å²) in [7, 11) is 0. The van der Waals surface area contributed by atoms with E-state index in [1.165, 1.54) is 6.08 Å². The van der Waals surface area contributed by atoms with E-state index in [1.807, 2.05) is 39.0 Å². The largest absolute Gasteiger partial charge is 0.460 e. The predicted molar refractivity (Wildman–Crippen MR) is 129 cm³/mol. The molecule has 0 atom stereocenters. The lowest BCUT2D eigenvalue weighted by Crippen LogP contribution is -2.42. The van der Waals surface area contributed by atoms with Gasteiger partial charge in [-0.15, -0.1) is 0 Å². The van der Waals surface area contributed by atoms with Crippen LogP contribution in [0.25, 0.3) is 6.08 Å². The number of ether oxygens (including phenoxy) is 1. The Morgan fingerprint density at radius 3 is 2.52 bits per heavy atom. The topological polar surface area (TPSA) is 75.7 Å². The number of amides is 2. The standard InChI is InChI=1S/C26H29ClN2O4/c1-26(2,3)33-25(32)15-19-4-8-21-17-29(13-12-20(21)14-19)24(31)16-28-23(30)11-7-18-5-9-22(27)10-6-18/h4-11,14H,12-13,15-17H2,1-3H3,(H,28,30)/b11-7+. The van der Waals surface area contributed by atoms with E-state index < -0.39 is 5.60 Å². The van der Waals surface area contributed by atoms with E-state index in [-0.39, 0.29) is 30.7 Å². The first-order valence-corrected chi connectivity index (χ1v) is 11.3. The van der Waals surface area contributed by atoms with Crippen molar-refractivity contribution in [2.45, 2.75) is 45.8 Å². The maximum absolute atomic E-state index is 12.6. The van der Waals surface area contributed by atoms with Gasteiger partial charge >= 0.3 is 5.97 Å². The summed E-state index contributed by atoms with van der Waals surface area (Å²) < 4.78 is 5.39. The van der Waals surface area contributed by atoms with E-state index in [9.17, 15) is 14.4 Å². The van der Waals surface area contributed by atoms with Crippen molar-refractivity contribution in [1.29, 1.82) is 0 Å². The highest BCUT2D eigenvalue weighted by atomic mass is 35.5. The van der Waals surface area contributed by atoms with Crippen molar-refractivity contribution in [2.75, 3.05) is 13.1 Å². The molecular formula is C26H29ClN2O4. The van der Waals surface area contributed by atoms with Crippen LogP contribution in [0, 0.1) is 0 Å². The molecule has 6 nitrogen and oxygen atoms in total. The van der Waals surface area contributed by atoms with Crippen LogP contribution in [0.2, 0.25) is 5.02 Å².